The van der Waals surface area contributed by atoms with Crippen LogP contribution in [0.25, 0.3) is 10.2 Å². The first-order valence-corrected chi connectivity index (χ1v) is 6.44. The molecular weight excluding hydrogens is 236 g/mol. The minimum absolute atomic E-state index is 0.328. The average molecular weight is 248 g/mol. The maximum absolute atomic E-state index is 10.9. The minimum Gasteiger partial charge on any atom is -0.478 e. The van der Waals surface area contributed by atoms with E-state index in [2.05, 4.69) is 9.88 Å². The quantitative estimate of drug-likeness (QED) is 0.887. The molecule has 0 aliphatic carbocycles. The second-order valence-corrected chi connectivity index (χ2v) is 5.19. The Labute approximate surface area is 103 Å². The summed E-state index contributed by atoms with van der Waals surface area (Å²) < 4.78 is 0.951. The SMILES string of the molecule is O=C(O)c1ccc2nc(N3CCCC3)sc2c1. The lowest BCUT2D eigenvalue weighted by Crippen LogP contribution is -2.16. The number of carboxylic acids is 1. The molecule has 0 bridgehead atoms. The number of hydrogen-bond acceptors (Lipinski definition) is 4. The smallest absolute Gasteiger partial charge is 0.335 e. The van der Waals surface area contributed by atoms with Crippen molar-refractivity contribution in [1.29, 1.82) is 0 Å². The number of rotatable bonds is 2. The molecule has 2 aromatic rings. The van der Waals surface area contributed by atoms with E-state index in [0.29, 0.717) is 5.56 Å². The van der Waals surface area contributed by atoms with Gasteiger partial charge in [0.05, 0.1) is 15.8 Å². The molecule has 1 aliphatic rings. The van der Waals surface area contributed by atoms with E-state index in [0.717, 1.165) is 28.4 Å². The number of aromatic nitrogens is 1. The van der Waals surface area contributed by atoms with Crippen molar-refractivity contribution in [1.82, 2.24) is 4.98 Å². The molecule has 2 heterocycles. The standard InChI is InChI=1S/C12H12N2O2S/c15-11(16)8-3-4-9-10(7-8)17-12(13-9)14-5-1-2-6-14/h3-4,7H,1-2,5-6H2,(H,15,16). The molecule has 5 heteroatoms. The first-order chi connectivity index (χ1) is 8.24. The Morgan fingerprint density at radius 1 is 1.35 bits per heavy atom. The monoisotopic (exact) mass is 248 g/mol. The molecule has 1 aromatic carbocycles. The Hall–Kier alpha value is -1.62. The van der Waals surface area contributed by atoms with E-state index in [1.807, 2.05) is 0 Å². The fourth-order valence-corrected chi connectivity index (χ4v) is 3.15. The Kier molecular flexibility index (Phi) is 2.48. The van der Waals surface area contributed by atoms with E-state index < -0.39 is 5.97 Å². The summed E-state index contributed by atoms with van der Waals surface area (Å²) in [4.78, 5) is 17.7. The van der Waals surface area contributed by atoms with Crippen molar-refractivity contribution in [2.45, 2.75) is 12.8 Å². The Morgan fingerprint density at radius 3 is 2.82 bits per heavy atom. The molecule has 0 unspecified atom stereocenters. The van der Waals surface area contributed by atoms with Crippen LogP contribution in [-0.4, -0.2) is 29.1 Å². The zero-order valence-corrected chi connectivity index (χ0v) is 10.0. The van der Waals surface area contributed by atoms with Crippen molar-refractivity contribution in [2.75, 3.05) is 18.0 Å². The van der Waals surface area contributed by atoms with Crippen molar-refractivity contribution in [3.8, 4) is 0 Å². The largest absolute Gasteiger partial charge is 0.478 e. The molecule has 1 aromatic heterocycles. The predicted octanol–water partition coefficient (Wildman–Crippen LogP) is 2.59. The van der Waals surface area contributed by atoms with Crippen LogP contribution in [0.5, 0.6) is 0 Å². The zero-order chi connectivity index (χ0) is 11.8. The van der Waals surface area contributed by atoms with Gasteiger partial charge in [0.25, 0.3) is 0 Å². The number of hydrogen-bond donors (Lipinski definition) is 1. The van der Waals surface area contributed by atoms with Gasteiger partial charge < -0.3 is 10.0 Å². The van der Waals surface area contributed by atoms with Gasteiger partial charge in [-0.15, -0.1) is 0 Å². The number of benzene rings is 1. The molecular formula is C12H12N2O2S. The third-order valence-electron chi connectivity index (χ3n) is 3.00. The topological polar surface area (TPSA) is 53.4 Å². The average Bonchev–Trinajstić information content (AvgIpc) is 2.96. The maximum atomic E-state index is 10.9. The van der Waals surface area contributed by atoms with Gasteiger partial charge in [0.15, 0.2) is 5.13 Å². The van der Waals surface area contributed by atoms with Crippen LogP contribution < -0.4 is 4.90 Å². The highest BCUT2D eigenvalue weighted by molar-refractivity contribution is 7.22. The summed E-state index contributed by atoms with van der Waals surface area (Å²) in [5, 5.41) is 9.95. The lowest BCUT2D eigenvalue weighted by Gasteiger charge is -2.11. The van der Waals surface area contributed by atoms with Gasteiger partial charge in [-0.2, -0.15) is 0 Å². The van der Waals surface area contributed by atoms with Crippen molar-refractivity contribution < 1.29 is 9.90 Å². The van der Waals surface area contributed by atoms with Gasteiger partial charge in [-0.3, -0.25) is 0 Å². The van der Waals surface area contributed by atoms with E-state index in [-0.39, 0.29) is 0 Å². The van der Waals surface area contributed by atoms with Crippen LogP contribution in [0.1, 0.15) is 23.2 Å². The summed E-state index contributed by atoms with van der Waals surface area (Å²) in [7, 11) is 0. The highest BCUT2D eigenvalue weighted by Crippen LogP contribution is 2.31. The molecule has 1 saturated heterocycles. The van der Waals surface area contributed by atoms with Gasteiger partial charge in [-0.1, -0.05) is 11.3 Å². The van der Waals surface area contributed by atoms with Crippen molar-refractivity contribution >= 4 is 32.7 Å². The van der Waals surface area contributed by atoms with Crippen molar-refractivity contribution in [3.05, 3.63) is 23.8 Å². The molecule has 1 N–H and O–H groups in total. The third kappa shape index (κ3) is 1.86. The lowest BCUT2D eigenvalue weighted by molar-refractivity contribution is 0.0697. The predicted molar refractivity (Wildman–Crippen MR) is 68.0 cm³/mol. The number of aromatic carboxylic acids is 1. The second kappa shape index (κ2) is 4.00. The Morgan fingerprint density at radius 2 is 2.12 bits per heavy atom. The second-order valence-electron chi connectivity index (χ2n) is 4.18. The molecule has 0 spiro atoms. The van der Waals surface area contributed by atoms with Gasteiger partial charge in [-0.25, -0.2) is 9.78 Å². The fraction of sp³-hybridized carbons (Fsp3) is 0.333. The molecule has 88 valence electrons. The molecule has 17 heavy (non-hydrogen) atoms. The minimum atomic E-state index is -0.886. The van der Waals surface area contributed by atoms with Gasteiger partial charge in [-0.05, 0) is 31.0 Å². The summed E-state index contributed by atoms with van der Waals surface area (Å²) in [5.41, 5.74) is 1.22. The van der Waals surface area contributed by atoms with E-state index in [1.165, 1.54) is 12.8 Å². The van der Waals surface area contributed by atoms with Crippen molar-refractivity contribution in [3.63, 3.8) is 0 Å². The molecule has 3 rings (SSSR count). The highest BCUT2D eigenvalue weighted by atomic mass is 32.1. The van der Waals surface area contributed by atoms with Crippen LogP contribution in [0.3, 0.4) is 0 Å². The molecule has 0 atom stereocenters. The molecule has 0 saturated carbocycles. The Bertz CT molecular complexity index is 573. The van der Waals surface area contributed by atoms with E-state index in [1.54, 1.807) is 29.5 Å². The Balaban J connectivity index is 2.03. The highest BCUT2D eigenvalue weighted by Gasteiger charge is 2.16. The van der Waals surface area contributed by atoms with Crippen LogP contribution >= 0.6 is 11.3 Å². The first-order valence-electron chi connectivity index (χ1n) is 5.63. The van der Waals surface area contributed by atoms with Gasteiger partial charge in [0.1, 0.15) is 0 Å². The summed E-state index contributed by atoms with van der Waals surface area (Å²) in [6, 6.07) is 5.10. The number of anilines is 1. The number of thiazole rings is 1. The molecule has 0 radical (unpaired) electrons. The van der Waals surface area contributed by atoms with Gasteiger partial charge >= 0.3 is 5.97 Å². The molecule has 1 fully saturated rings. The zero-order valence-electron chi connectivity index (χ0n) is 9.22. The van der Waals surface area contributed by atoms with Crippen LogP contribution in [0.15, 0.2) is 18.2 Å². The van der Waals surface area contributed by atoms with Crippen LogP contribution in [0.4, 0.5) is 5.13 Å². The van der Waals surface area contributed by atoms with Gasteiger partial charge in [0, 0.05) is 13.1 Å². The maximum Gasteiger partial charge on any atom is 0.335 e. The normalized spacial score (nSPS) is 15.6. The number of fused-ring (bicyclic) bond motifs is 1. The van der Waals surface area contributed by atoms with Crippen LogP contribution in [-0.2, 0) is 0 Å². The first kappa shape index (κ1) is 10.5. The summed E-state index contributed by atoms with van der Waals surface area (Å²) >= 11 is 1.58. The third-order valence-corrected chi connectivity index (χ3v) is 4.08. The number of carbonyl (C=O) groups is 1. The summed E-state index contributed by atoms with van der Waals surface area (Å²) in [5.74, 6) is -0.886. The summed E-state index contributed by atoms with van der Waals surface area (Å²) in [6.45, 7) is 2.12. The molecule has 1 aliphatic heterocycles. The summed E-state index contributed by atoms with van der Waals surface area (Å²) in [6.07, 6.45) is 2.44. The van der Waals surface area contributed by atoms with Gasteiger partial charge in [0.2, 0.25) is 0 Å². The van der Waals surface area contributed by atoms with Crippen LogP contribution in [0, 0.1) is 0 Å². The fourth-order valence-electron chi connectivity index (χ4n) is 2.09. The number of carboxylic acid groups (broad SMARTS) is 1. The van der Waals surface area contributed by atoms with E-state index in [9.17, 15) is 4.79 Å². The van der Waals surface area contributed by atoms with E-state index in [4.69, 9.17) is 5.11 Å². The number of nitrogens with zero attached hydrogens (tertiary/aromatic N) is 2. The molecule has 4 nitrogen and oxygen atoms in total. The molecule has 0 amide bonds. The van der Waals surface area contributed by atoms with Crippen LogP contribution in [0.2, 0.25) is 0 Å². The lowest BCUT2D eigenvalue weighted by atomic mass is 10.2. The van der Waals surface area contributed by atoms with E-state index >= 15 is 0 Å². The van der Waals surface area contributed by atoms with Crippen molar-refractivity contribution in [2.24, 2.45) is 0 Å².